The van der Waals surface area contributed by atoms with Gasteiger partial charge < -0.3 is 15.2 Å². The molecule has 2 fully saturated rings. The first-order valence-electron chi connectivity index (χ1n) is 6.41. The van der Waals surface area contributed by atoms with Crippen molar-refractivity contribution in [2.45, 2.75) is 58.1 Å². The molecule has 0 aromatic carbocycles. The SMILES string of the molecule is CC(C)(C)OC(=O)NC1CC2(C1)CC(C(=O)O)C2. The summed E-state index contributed by atoms with van der Waals surface area (Å²) in [6.07, 6.45) is 2.91. The minimum atomic E-state index is -0.691. The van der Waals surface area contributed by atoms with E-state index in [0.717, 1.165) is 25.7 Å². The maximum atomic E-state index is 11.5. The first-order valence-corrected chi connectivity index (χ1v) is 6.41. The molecule has 0 heterocycles. The number of amides is 1. The Bertz CT molecular complexity index is 358. The summed E-state index contributed by atoms with van der Waals surface area (Å²) in [6, 6.07) is 0.148. The third kappa shape index (κ3) is 2.76. The van der Waals surface area contributed by atoms with Crippen molar-refractivity contribution in [2.24, 2.45) is 11.3 Å². The lowest BCUT2D eigenvalue weighted by Gasteiger charge is -2.56. The Morgan fingerprint density at radius 2 is 1.78 bits per heavy atom. The Balaban J connectivity index is 1.68. The van der Waals surface area contributed by atoms with E-state index < -0.39 is 11.6 Å². The molecular formula is C13H21NO4. The van der Waals surface area contributed by atoms with E-state index in [1.165, 1.54) is 0 Å². The molecule has 5 heteroatoms. The summed E-state index contributed by atoms with van der Waals surface area (Å²) < 4.78 is 5.18. The molecule has 0 aliphatic heterocycles. The standard InChI is InChI=1S/C13H21NO4/c1-12(2,3)18-11(17)14-9-6-13(7-9)4-8(5-13)10(15)16/h8-9H,4-7H2,1-3H3,(H,14,17)(H,15,16). The summed E-state index contributed by atoms with van der Waals surface area (Å²) in [4.78, 5) is 22.3. The highest BCUT2D eigenvalue weighted by Crippen LogP contribution is 2.58. The fourth-order valence-corrected chi connectivity index (χ4v) is 3.06. The number of ether oxygens (including phenoxy) is 1. The van der Waals surface area contributed by atoms with Gasteiger partial charge in [-0.2, -0.15) is 0 Å². The van der Waals surface area contributed by atoms with Crippen LogP contribution in [0.3, 0.4) is 0 Å². The van der Waals surface area contributed by atoms with Gasteiger partial charge in [0.15, 0.2) is 0 Å². The number of aliphatic carboxylic acids is 1. The number of rotatable bonds is 2. The summed E-state index contributed by atoms with van der Waals surface area (Å²) in [7, 11) is 0. The van der Waals surface area contributed by atoms with E-state index in [1.54, 1.807) is 0 Å². The predicted molar refractivity (Wildman–Crippen MR) is 65.2 cm³/mol. The van der Waals surface area contributed by atoms with E-state index in [2.05, 4.69) is 5.32 Å². The van der Waals surface area contributed by atoms with Crippen LogP contribution in [-0.2, 0) is 9.53 Å². The van der Waals surface area contributed by atoms with Crippen molar-refractivity contribution in [1.82, 2.24) is 5.32 Å². The van der Waals surface area contributed by atoms with Crippen LogP contribution in [0.25, 0.3) is 0 Å². The van der Waals surface area contributed by atoms with Gasteiger partial charge in [-0.15, -0.1) is 0 Å². The minimum absolute atomic E-state index is 0.148. The molecule has 0 aromatic heterocycles. The Morgan fingerprint density at radius 1 is 1.22 bits per heavy atom. The third-order valence-electron chi connectivity index (χ3n) is 3.79. The van der Waals surface area contributed by atoms with E-state index in [4.69, 9.17) is 9.84 Å². The molecule has 0 radical (unpaired) electrons. The van der Waals surface area contributed by atoms with Gasteiger partial charge in [0.2, 0.25) is 0 Å². The number of hydrogen-bond acceptors (Lipinski definition) is 3. The van der Waals surface area contributed by atoms with Crippen molar-refractivity contribution in [3.8, 4) is 0 Å². The van der Waals surface area contributed by atoms with Crippen molar-refractivity contribution >= 4 is 12.1 Å². The normalized spacial score (nSPS) is 34.4. The van der Waals surface area contributed by atoms with Gasteiger partial charge in [-0.25, -0.2) is 4.79 Å². The first kappa shape index (κ1) is 13.2. The lowest BCUT2D eigenvalue weighted by molar-refractivity contribution is -0.155. The lowest BCUT2D eigenvalue weighted by Crippen LogP contribution is -2.57. The predicted octanol–water partition coefficient (Wildman–Crippen LogP) is 2.15. The summed E-state index contributed by atoms with van der Waals surface area (Å²) in [5.41, 5.74) is -0.293. The van der Waals surface area contributed by atoms with Crippen LogP contribution in [0.1, 0.15) is 46.5 Å². The quantitative estimate of drug-likeness (QED) is 0.792. The van der Waals surface area contributed by atoms with Gasteiger partial charge in [0.05, 0.1) is 5.92 Å². The zero-order valence-corrected chi connectivity index (χ0v) is 11.2. The molecule has 1 amide bonds. The second-order valence-corrected chi connectivity index (χ2v) is 6.69. The highest BCUT2D eigenvalue weighted by Gasteiger charge is 2.55. The summed E-state index contributed by atoms with van der Waals surface area (Å²) in [6.45, 7) is 5.49. The number of carbonyl (C=O) groups is 2. The van der Waals surface area contributed by atoms with E-state index in [9.17, 15) is 9.59 Å². The van der Waals surface area contributed by atoms with Crippen molar-refractivity contribution in [3.05, 3.63) is 0 Å². The third-order valence-corrected chi connectivity index (χ3v) is 3.79. The number of carbonyl (C=O) groups excluding carboxylic acids is 1. The van der Waals surface area contributed by atoms with Crippen LogP contribution in [0.15, 0.2) is 0 Å². The number of carboxylic acid groups (broad SMARTS) is 1. The Labute approximate surface area is 107 Å². The van der Waals surface area contributed by atoms with Gasteiger partial charge >= 0.3 is 12.1 Å². The highest BCUT2D eigenvalue weighted by molar-refractivity contribution is 5.72. The van der Waals surface area contributed by atoms with E-state index >= 15 is 0 Å². The molecule has 2 rings (SSSR count). The van der Waals surface area contributed by atoms with Gasteiger partial charge in [-0.3, -0.25) is 4.79 Å². The van der Waals surface area contributed by atoms with E-state index in [1.807, 2.05) is 20.8 Å². The fourth-order valence-electron chi connectivity index (χ4n) is 3.06. The van der Waals surface area contributed by atoms with Crippen LogP contribution in [0.5, 0.6) is 0 Å². The zero-order chi connectivity index (χ0) is 13.6. The lowest BCUT2D eigenvalue weighted by atomic mass is 9.50. The summed E-state index contributed by atoms with van der Waals surface area (Å²) >= 11 is 0. The molecule has 0 bridgehead atoms. The van der Waals surface area contributed by atoms with Gasteiger partial charge in [0.25, 0.3) is 0 Å². The number of carboxylic acids is 1. The van der Waals surface area contributed by atoms with Crippen LogP contribution < -0.4 is 5.32 Å². The fraction of sp³-hybridized carbons (Fsp3) is 0.846. The van der Waals surface area contributed by atoms with E-state index in [-0.39, 0.29) is 23.5 Å². The van der Waals surface area contributed by atoms with Crippen LogP contribution >= 0.6 is 0 Å². The number of alkyl carbamates (subject to hydrolysis) is 1. The van der Waals surface area contributed by atoms with Gasteiger partial charge in [-0.05, 0) is 51.9 Å². The molecule has 2 saturated carbocycles. The van der Waals surface area contributed by atoms with E-state index in [0.29, 0.717) is 0 Å². The first-order chi connectivity index (χ1) is 8.19. The summed E-state index contributed by atoms with van der Waals surface area (Å²) in [5, 5.41) is 11.7. The second kappa shape index (κ2) is 4.14. The molecule has 2 aliphatic rings. The van der Waals surface area contributed by atoms with Gasteiger partial charge in [0, 0.05) is 6.04 Å². The molecule has 0 atom stereocenters. The molecule has 18 heavy (non-hydrogen) atoms. The largest absolute Gasteiger partial charge is 0.481 e. The molecule has 5 nitrogen and oxygen atoms in total. The molecule has 1 spiro atoms. The summed E-state index contributed by atoms with van der Waals surface area (Å²) in [5.74, 6) is -0.864. The maximum Gasteiger partial charge on any atom is 0.407 e. The molecule has 0 aromatic rings. The monoisotopic (exact) mass is 255 g/mol. The van der Waals surface area contributed by atoms with Crippen LogP contribution in [-0.4, -0.2) is 28.8 Å². The minimum Gasteiger partial charge on any atom is -0.481 e. The van der Waals surface area contributed by atoms with Crippen molar-refractivity contribution < 1.29 is 19.4 Å². The molecule has 0 saturated heterocycles. The zero-order valence-electron chi connectivity index (χ0n) is 11.2. The molecule has 0 unspecified atom stereocenters. The van der Waals surface area contributed by atoms with Crippen molar-refractivity contribution in [2.75, 3.05) is 0 Å². The Morgan fingerprint density at radius 3 is 2.22 bits per heavy atom. The highest BCUT2D eigenvalue weighted by atomic mass is 16.6. The molecule has 102 valence electrons. The van der Waals surface area contributed by atoms with Crippen LogP contribution in [0.2, 0.25) is 0 Å². The second-order valence-electron chi connectivity index (χ2n) is 6.69. The maximum absolute atomic E-state index is 11.5. The average Bonchev–Trinajstić information content (AvgIpc) is 2.02. The van der Waals surface area contributed by atoms with Gasteiger partial charge in [-0.1, -0.05) is 0 Å². The van der Waals surface area contributed by atoms with Crippen molar-refractivity contribution in [3.63, 3.8) is 0 Å². The number of hydrogen-bond donors (Lipinski definition) is 2. The van der Waals surface area contributed by atoms with Crippen LogP contribution in [0, 0.1) is 11.3 Å². The number of nitrogens with one attached hydrogen (secondary N) is 1. The van der Waals surface area contributed by atoms with Gasteiger partial charge in [0.1, 0.15) is 5.60 Å². The Kier molecular flexibility index (Phi) is 3.03. The average molecular weight is 255 g/mol. The molecular weight excluding hydrogens is 234 g/mol. The van der Waals surface area contributed by atoms with Crippen molar-refractivity contribution in [1.29, 1.82) is 0 Å². The van der Waals surface area contributed by atoms with Crippen LogP contribution in [0.4, 0.5) is 4.79 Å². The Hall–Kier alpha value is -1.26. The molecule has 2 N–H and O–H groups in total. The topological polar surface area (TPSA) is 75.6 Å². The smallest absolute Gasteiger partial charge is 0.407 e. The molecule has 2 aliphatic carbocycles.